The van der Waals surface area contributed by atoms with E-state index < -0.39 is 0 Å². The molecule has 114 valence electrons. The molecule has 1 saturated heterocycles. The fraction of sp³-hybridized carbons (Fsp3) is 0.294. The first-order valence-electron chi connectivity index (χ1n) is 7.38. The van der Waals surface area contributed by atoms with Crippen LogP contribution in [0.5, 0.6) is 0 Å². The number of rotatable bonds is 3. The summed E-state index contributed by atoms with van der Waals surface area (Å²) in [5.41, 5.74) is 1.72. The third-order valence-corrected chi connectivity index (χ3v) is 3.88. The van der Waals surface area contributed by atoms with E-state index in [0.717, 1.165) is 12.1 Å². The molecule has 1 amide bonds. The molecule has 1 fully saturated rings. The van der Waals surface area contributed by atoms with E-state index in [2.05, 4.69) is 10.3 Å². The van der Waals surface area contributed by atoms with Gasteiger partial charge in [-0.1, -0.05) is 18.2 Å². The Morgan fingerprint density at radius 2 is 2.27 bits per heavy atom. The fourth-order valence-corrected chi connectivity index (χ4v) is 2.80. The lowest BCUT2D eigenvalue weighted by atomic mass is 10.0. The van der Waals surface area contributed by atoms with Crippen LogP contribution in [0.3, 0.4) is 0 Å². The van der Waals surface area contributed by atoms with Gasteiger partial charge in [-0.3, -0.25) is 9.78 Å². The van der Waals surface area contributed by atoms with Crippen molar-refractivity contribution < 1.29 is 9.18 Å². The molecule has 0 spiro atoms. The second-order valence-corrected chi connectivity index (χ2v) is 5.40. The number of amides is 1. The van der Waals surface area contributed by atoms with Crippen LogP contribution in [0.25, 0.3) is 0 Å². The van der Waals surface area contributed by atoms with E-state index in [1.165, 1.54) is 12.1 Å². The molecule has 3 rings (SSSR count). The van der Waals surface area contributed by atoms with Gasteiger partial charge in [0, 0.05) is 32.0 Å². The third-order valence-electron chi connectivity index (χ3n) is 3.88. The van der Waals surface area contributed by atoms with Gasteiger partial charge < -0.3 is 10.2 Å². The lowest BCUT2D eigenvalue weighted by Gasteiger charge is -2.36. The number of hydrogen-bond donors (Lipinski definition) is 1. The maximum Gasteiger partial charge on any atom is 0.227 e. The fourth-order valence-electron chi connectivity index (χ4n) is 2.80. The smallest absolute Gasteiger partial charge is 0.227 e. The topological polar surface area (TPSA) is 45.2 Å². The van der Waals surface area contributed by atoms with Crippen molar-refractivity contribution in [3.63, 3.8) is 0 Å². The van der Waals surface area contributed by atoms with E-state index in [4.69, 9.17) is 0 Å². The zero-order valence-electron chi connectivity index (χ0n) is 12.2. The summed E-state index contributed by atoms with van der Waals surface area (Å²) in [6.45, 7) is 2.12. The number of aromatic nitrogens is 1. The minimum Gasteiger partial charge on any atom is -0.333 e. The zero-order chi connectivity index (χ0) is 15.4. The van der Waals surface area contributed by atoms with Gasteiger partial charge in [-0.15, -0.1) is 0 Å². The van der Waals surface area contributed by atoms with E-state index >= 15 is 0 Å². The number of hydrogen-bond acceptors (Lipinski definition) is 3. The van der Waals surface area contributed by atoms with Gasteiger partial charge in [-0.2, -0.15) is 0 Å². The SMILES string of the molecule is O=C(Cc1cccc(F)c1)N1CCNCC1c1cccnc1. The summed E-state index contributed by atoms with van der Waals surface area (Å²) in [6, 6.07) is 10.0. The van der Waals surface area contributed by atoms with Crippen molar-refractivity contribution in [3.8, 4) is 0 Å². The Balaban J connectivity index is 1.77. The molecular formula is C17H18FN3O. The Bertz CT molecular complexity index is 647. The largest absolute Gasteiger partial charge is 0.333 e. The van der Waals surface area contributed by atoms with Crippen molar-refractivity contribution in [3.05, 3.63) is 65.7 Å². The minimum absolute atomic E-state index is 0.0148. The summed E-state index contributed by atoms with van der Waals surface area (Å²) >= 11 is 0. The minimum atomic E-state index is -0.311. The number of benzene rings is 1. The Morgan fingerprint density at radius 3 is 3.05 bits per heavy atom. The van der Waals surface area contributed by atoms with Crippen LogP contribution >= 0.6 is 0 Å². The first-order chi connectivity index (χ1) is 10.7. The highest BCUT2D eigenvalue weighted by molar-refractivity contribution is 5.79. The van der Waals surface area contributed by atoms with Gasteiger partial charge in [0.05, 0.1) is 12.5 Å². The van der Waals surface area contributed by atoms with Crippen LogP contribution < -0.4 is 5.32 Å². The number of piperazine rings is 1. The van der Waals surface area contributed by atoms with E-state index in [0.29, 0.717) is 18.7 Å². The maximum absolute atomic E-state index is 13.3. The van der Waals surface area contributed by atoms with Crippen LogP contribution in [0.1, 0.15) is 17.2 Å². The van der Waals surface area contributed by atoms with Gasteiger partial charge in [0.25, 0.3) is 0 Å². The second-order valence-electron chi connectivity index (χ2n) is 5.40. The normalized spacial score (nSPS) is 18.2. The van der Waals surface area contributed by atoms with Gasteiger partial charge in [0.1, 0.15) is 5.82 Å². The number of carbonyl (C=O) groups excluding carboxylic acids is 1. The number of carbonyl (C=O) groups is 1. The van der Waals surface area contributed by atoms with Crippen molar-refractivity contribution in [2.45, 2.75) is 12.5 Å². The van der Waals surface area contributed by atoms with E-state index in [9.17, 15) is 9.18 Å². The highest BCUT2D eigenvalue weighted by atomic mass is 19.1. The number of pyridine rings is 1. The Hall–Kier alpha value is -2.27. The second kappa shape index (κ2) is 6.66. The quantitative estimate of drug-likeness (QED) is 0.942. The average Bonchev–Trinajstić information content (AvgIpc) is 2.56. The Morgan fingerprint density at radius 1 is 1.36 bits per heavy atom. The predicted octanol–water partition coefficient (Wildman–Crippen LogP) is 1.94. The van der Waals surface area contributed by atoms with Crippen molar-refractivity contribution in [1.29, 1.82) is 0 Å². The molecule has 1 N–H and O–H groups in total. The molecule has 0 saturated carbocycles. The van der Waals surface area contributed by atoms with E-state index in [-0.39, 0.29) is 24.2 Å². The van der Waals surface area contributed by atoms with Gasteiger partial charge in [-0.05, 0) is 29.3 Å². The van der Waals surface area contributed by atoms with Crippen LogP contribution in [0.4, 0.5) is 4.39 Å². The molecule has 0 radical (unpaired) electrons. The Labute approximate surface area is 129 Å². The lowest BCUT2D eigenvalue weighted by Crippen LogP contribution is -2.49. The van der Waals surface area contributed by atoms with Crippen molar-refractivity contribution >= 4 is 5.91 Å². The van der Waals surface area contributed by atoms with Crippen molar-refractivity contribution in [2.24, 2.45) is 0 Å². The summed E-state index contributed by atoms with van der Waals surface area (Å²) in [5.74, 6) is -0.296. The highest BCUT2D eigenvalue weighted by Gasteiger charge is 2.27. The number of halogens is 1. The van der Waals surface area contributed by atoms with Crippen LogP contribution in [-0.4, -0.2) is 35.4 Å². The zero-order valence-corrected chi connectivity index (χ0v) is 12.2. The molecule has 1 aromatic carbocycles. The Kier molecular flexibility index (Phi) is 4.44. The molecule has 4 nitrogen and oxygen atoms in total. The van der Waals surface area contributed by atoms with Crippen LogP contribution in [-0.2, 0) is 11.2 Å². The summed E-state index contributed by atoms with van der Waals surface area (Å²) < 4.78 is 13.3. The number of nitrogens with one attached hydrogen (secondary N) is 1. The summed E-state index contributed by atoms with van der Waals surface area (Å²) in [4.78, 5) is 18.6. The molecule has 1 aromatic heterocycles. The van der Waals surface area contributed by atoms with Crippen LogP contribution in [0.15, 0.2) is 48.8 Å². The molecule has 1 aliphatic heterocycles. The monoisotopic (exact) mass is 299 g/mol. The molecule has 1 unspecified atom stereocenters. The molecule has 2 heterocycles. The van der Waals surface area contributed by atoms with E-state index in [1.807, 2.05) is 17.0 Å². The first-order valence-corrected chi connectivity index (χ1v) is 7.38. The number of nitrogens with zero attached hydrogens (tertiary/aromatic N) is 2. The van der Waals surface area contributed by atoms with E-state index in [1.54, 1.807) is 24.5 Å². The molecule has 0 aliphatic carbocycles. The van der Waals surface area contributed by atoms with Gasteiger partial charge in [0.15, 0.2) is 0 Å². The molecule has 5 heteroatoms. The van der Waals surface area contributed by atoms with Gasteiger partial charge >= 0.3 is 0 Å². The average molecular weight is 299 g/mol. The predicted molar refractivity (Wildman–Crippen MR) is 81.7 cm³/mol. The van der Waals surface area contributed by atoms with Gasteiger partial charge in [0.2, 0.25) is 5.91 Å². The third kappa shape index (κ3) is 3.31. The molecule has 22 heavy (non-hydrogen) atoms. The standard InChI is InChI=1S/C17H18FN3O/c18-15-5-1-3-13(9-15)10-17(22)21-8-7-20-12-16(21)14-4-2-6-19-11-14/h1-6,9,11,16,20H,7-8,10,12H2. The van der Waals surface area contributed by atoms with Crippen LogP contribution in [0.2, 0.25) is 0 Å². The molecule has 1 atom stereocenters. The van der Waals surface area contributed by atoms with Gasteiger partial charge in [-0.25, -0.2) is 4.39 Å². The molecule has 2 aromatic rings. The molecule has 1 aliphatic rings. The molecule has 0 bridgehead atoms. The van der Waals surface area contributed by atoms with Crippen molar-refractivity contribution in [1.82, 2.24) is 15.2 Å². The first kappa shape index (κ1) is 14.7. The lowest BCUT2D eigenvalue weighted by molar-refractivity contribution is -0.133. The maximum atomic E-state index is 13.3. The van der Waals surface area contributed by atoms with Crippen LogP contribution in [0, 0.1) is 5.82 Å². The molecular weight excluding hydrogens is 281 g/mol. The summed E-state index contributed by atoms with van der Waals surface area (Å²) in [7, 11) is 0. The summed E-state index contributed by atoms with van der Waals surface area (Å²) in [6.07, 6.45) is 3.73. The summed E-state index contributed by atoms with van der Waals surface area (Å²) in [5, 5.41) is 3.31. The van der Waals surface area contributed by atoms with Crippen molar-refractivity contribution in [2.75, 3.05) is 19.6 Å². The highest BCUT2D eigenvalue weighted by Crippen LogP contribution is 2.22.